The summed E-state index contributed by atoms with van der Waals surface area (Å²) < 4.78 is 0.169. The normalized spacial score (nSPS) is 17.8. The van der Waals surface area contributed by atoms with Gasteiger partial charge in [-0.2, -0.15) is 0 Å². The minimum atomic E-state index is -5.08. The van der Waals surface area contributed by atoms with Crippen LogP contribution in [-0.4, -0.2) is 38.2 Å². The van der Waals surface area contributed by atoms with Crippen molar-refractivity contribution in [3.05, 3.63) is 105 Å². The monoisotopic (exact) mass is 1060 g/mol. The first kappa shape index (κ1) is 52.3. The molecule has 0 N–H and O–H groups in total. The molecule has 2 atom stereocenters. The fraction of sp³-hybridized carbons (Fsp3) is 0.500. The second kappa shape index (κ2) is 18.3. The number of allylic oxidation sites excluding steroid dienone is 2. The van der Waals surface area contributed by atoms with Crippen LogP contribution >= 0.6 is 17.0 Å². The Labute approximate surface area is 405 Å². The van der Waals surface area contributed by atoms with Crippen LogP contribution in [0.1, 0.15) is 120 Å². The molecule has 8 heteroatoms. The first-order chi connectivity index (χ1) is 29.4. The predicted molar refractivity (Wildman–Crippen MR) is 306 cm³/mol. The molecule has 64 heavy (non-hydrogen) atoms. The van der Waals surface area contributed by atoms with Crippen molar-refractivity contribution in [1.29, 1.82) is 0 Å². The van der Waals surface area contributed by atoms with Crippen molar-refractivity contribution in [3.63, 3.8) is 0 Å². The number of halogens is 2. The van der Waals surface area contributed by atoms with Gasteiger partial charge in [0.25, 0.3) is 0 Å². The van der Waals surface area contributed by atoms with Gasteiger partial charge in [0.1, 0.15) is 0 Å². The molecule has 0 nitrogen and oxygen atoms in total. The fourth-order valence-corrected chi connectivity index (χ4v) is 47.6. The van der Waals surface area contributed by atoms with Crippen LogP contribution < -0.4 is 20.7 Å². The van der Waals surface area contributed by atoms with E-state index in [9.17, 15) is 17.0 Å². The molecule has 0 radical (unpaired) electrons. The summed E-state index contributed by atoms with van der Waals surface area (Å²) in [5.74, 6) is -0.979. The molecule has 2 aliphatic rings. The number of benzene rings is 4. The fourth-order valence-electron chi connectivity index (χ4n) is 11.1. The molecular weight excluding hydrogens is 975 g/mol. The Morgan fingerprint density at radius 2 is 0.797 bits per heavy atom. The van der Waals surface area contributed by atoms with Crippen molar-refractivity contribution >= 4 is 88.1 Å². The van der Waals surface area contributed by atoms with E-state index in [4.69, 9.17) is 0 Å². The van der Waals surface area contributed by atoms with E-state index in [1.165, 1.54) is 66.8 Å². The summed E-state index contributed by atoms with van der Waals surface area (Å²) in [6.45, 7) is 49.5. The third kappa shape index (κ3) is 9.60. The van der Waals surface area contributed by atoms with E-state index in [1.807, 2.05) is 0 Å². The van der Waals surface area contributed by atoms with Crippen molar-refractivity contribution in [3.8, 4) is 22.3 Å². The molecule has 2 unspecified atom stereocenters. The van der Waals surface area contributed by atoms with Crippen LogP contribution in [-0.2, 0) is 15.6 Å². The van der Waals surface area contributed by atoms with Crippen LogP contribution in [0.25, 0.3) is 34.4 Å². The van der Waals surface area contributed by atoms with Crippen molar-refractivity contribution in [1.82, 2.24) is 0 Å². The zero-order valence-corrected chi connectivity index (χ0v) is 53.0. The molecule has 0 heterocycles. The van der Waals surface area contributed by atoms with E-state index in [2.05, 4.69) is 206 Å². The molecule has 0 spiro atoms. The van der Waals surface area contributed by atoms with Crippen LogP contribution in [0.15, 0.2) is 71.8 Å². The Morgan fingerprint density at radius 1 is 0.500 bits per heavy atom. The van der Waals surface area contributed by atoms with Crippen LogP contribution in [0.3, 0.4) is 0 Å². The Kier molecular flexibility index (Phi) is 15.0. The average molecular weight is 1060 g/mol. The Balaban J connectivity index is 1.71. The molecule has 0 bridgehead atoms. The Bertz CT molecular complexity index is 2270. The topological polar surface area (TPSA) is 0 Å². The van der Waals surface area contributed by atoms with E-state index < -0.39 is 53.8 Å². The molecule has 4 aromatic rings. The molecule has 0 aromatic heterocycles. The number of fused-ring (bicyclic) bond motifs is 2. The SMILES string of the molecule is CCCC1=Cc2c(ccc(C(C)C)c2-c2cc([Si](C)(C)C)cc([Si](C)(C)C)c2)[CH]1[Zr]([Cl])([Cl])([CH]1C(CCC)=Cc2c1ccc(C(C)C)c2-c1cc([Si](C)(C)C)cc([Si](C)(C)C)c1)[SiH](C)C. The summed E-state index contributed by atoms with van der Waals surface area (Å²) in [6, 6.07) is 25.6. The molecule has 6 rings (SSSR count). The van der Waals surface area contributed by atoms with Crippen molar-refractivity contribution < 1.29 is 15.6 Å². The summed E-state index contributed by atoms with van der Waals surface area (Å²) >= 11 is -5.08. The summed E-state index contributed by atoms with van der Waals surface area (Å²) in [5, 5.41) is 6.27. The number of hydrogen-bond donors (Lipinski definition) is 0. The van der Waals surface area contributed by atoms with Gasteiger partial charge in [-0.25, -0.2) is 0 Å². The molecule has 2 aliphatic carbocycles. The third-order valence-corrected chi connectivity index (χ3v) is 75.0. The molecule has 0 saturated heterocycles. The van der Waals surface area contributed by atoms with Crippen LogP contribution in [0.4, 0.5) is 0 Å². The number of rotatable bonds is 15. The summed E-state index contributed by atoms with van der Waals surface area (Å²) in [5.41, 5.74) is 17.3. The van der Waals surface area contributed by atoms with E-state index in [0.717, 1.165) is 25.7 Å². The van der Waals surface area contributed by atoms with Gasteiger partial charge in [-0.3, -0.25) is 0 Å². The van der Waals surface area contributed by atoms with Gasteiger partial charge < -0.3 is 0 Å². The van der Waals surface area contributed by atoms with E-state index >= 15 is 0 Å². The minimum absolute atomic E-state index is 0.0844. The van der Waals surface area contributed by atoms with Gasteiger partial charge in [-0.15, -0.1) is 0 Å². The van der Waals surface area contributed by atoms with Crippen LogP contribution in [0, 0.1) is 0 Å². The molecule has 0 fully saturated rings. The molecule has 347 valence electrons. The number of hydrogen-bond acceptors (Lipinski definition) is 0. The third-order valence-electron chi connectivity index (χ3n) is 15.1. The predicted octanol–water partition coefficient (Wildman–Crippen LogP) is 16.6. The zero-order valence-electron chi connectivity index (χ0n) is 43.9. The quantitative estimate of drug-likeness (QED) is 0.104. The van der Waals surface area contributed by atoms with Gasteiger partial charge in [0, 0.05) is 0 Å². The zero-order chi connectivity index (χ0) is 47.9. The van der Waals surface area contributed by atoms with E-state index in [-0.39, 0.29) is 7.25 Å². The molecular formula is C56H85Cl2Si5Zr. The second-order valence-corrected chi connectivity index (χ2v) is 88.0. The van der Waals surface area contributed by atoms with Gasteiger partial charge in [0.05, 0.1) is 0 Å². The standard InChI is InChI=1S/2C27H39Si2.C2H7Si.2ClH.Zr/c2*1-10-11-20-14-21-12-13-25(19(2)3)27(26(21)15-20)22-16-23(28(4,5)6)18-24(17-22)29(7,8)9;1-3-2;;;/h2*12-19H,10-11H2,1-9H3;3H,1-2H3;2*1H;/q;;;;;+2/p-2. The van der Waals surface area contributed by atoms with Crippen LogP contribution in [0.5, 0.6) is 0 Å². The van der Waals surface area contributed by atoms with Gasteiger partial charge in [-0.05, 0) is 0 Å². The van der Waals surface area contributed by atoms with E-state index in [0.29, 0.717) is 11.8 Å². The Hall–Kier alpha value is -1.09. The first-order valence-corrected chi connectivity index (χ1v) is 55.3. The van der Waals surface area contributed by atoms with Crippen molar-refractivity contribution in [2.45, 2.75) is 178 Å². The molecule has 4 aromatic carbocycles. The van der Waals surface area contributed by atoms with E-state index in [1.54, 1.807) is 20.7 Å². The summed E-state index contributed by atoms with van der Waals surface area (Å²) in [4.78, 5) is 0. The van der Waals surface area contributed by atoms with Gasteiger partial charge in [-0.1, -0.05) is 0 Å². The molecule has 0 aliphatic heterocycles. The maximum absolute atomic E-state index is 9.18. The average Bonchev–Trinajstić information content (AvgIpc) is 3.74. The summed E-state index contributed by atoms with van der Waals surface area (Å²) in [6.07, 6.45) is 9.51. The first-order valence-electron chi connectivity index (χ1n) is 25.0. The van der Waals surface area contributed by atoms with Gasteiger partial charge in [0.2, 0.25) is 0 Å². The second-order valence-electron chi connectivity index (χ2n) is 25.2. The summed E-state index contributed by atoms with van der Waals surface area (Å²) in [7, 11) is 11.8. The van der Waals surface area contributed by atoms with Gasteiger partial charge >= 0.3 is 409 Å². The Morgan fingerprint density at radius 3 is 1.03 bits per heavy atom. The molecule has 0 saturated carbocycles. The molecule has 0 amide bonds. The van der Waals surface area contributed by atoms with Gasteiger partial charge in [0.15, 0.2) is 0 Å². The maximum atomic E-state index is 9.18. The van der Waals surface area contributed by atoms with Crippen molar-refractivity contribution in [2.75, 3.05) is 0 Å². The van der Waals surface area contributed by atoms with Crippen molar-refractivity contribution in [2.24, 2.45) is 0 Å². The van der Waals surface area contributed by atoms with Crippen LogP contribution in [0.2, 0.25) is 91.7 Å².